The first-order valence-electron chi connectivity index (χ1n) is 6.89. The van der Waals surface area contributed by atoms with Crippen LogP contribution in [0.4, 0.5) is 0 Å². The summed E-state index contributed by atoms with van der Waals surface area (Å²) in [4.78, 5) is 0. The predicted molar refractivity (Wildman–Crippen MR) is 82.2 cm³/mol. The van der Waals surface area contributed by atoms with Crippen LogP contribution in [0, 0.1) is 13.8 Å². The van der Waals surface area contributed by atoms with E-state index < -0.39 is 0 Å². The van der Waals surface area contributed by atoms with E-state index in [4.69, 9.17) is 5.73 Å². The molecule has 0 aliphatic heterocycles. The van der Waals surface area contributed by atoms with Gasteiger partial charge in [-0.1, -0.05) is 54.1 Å². The number of nitrogens with two attached hydrogens (primary N) is 1. The van der Waals surface area contributed by atoms with Gasteiger partial charge in [0.2, 0.25) is 0 Å². The summed E-state index contributed by atoms with van der Waals surface area (Å²) in [6, 6.07) is 17.1. The molecule has 0 aliphatic rings. The highest BCUT2D eigenvalue weighted by Crippen LogP contribution is 2.27. The van der Waals surface area contributed by atoms with Gasteiger partial charge in [-0.3, -0.25) is 0 Å². The van der Waals surface area contributed by atoms with Crippen molar-refractivity contribution in [3.05, 3.63) is 70.8 Å². The van der Waals surface area contributed by atoms with Crippen LogP contribution in [0.25, 0.3) is 0 Å². The Morgan fingerprint density at radius 3 is 2.37 bits per heavy atom. The molecule has 2 rings (SSSR count). The van der Waals surface area contributed by atoms with Crippen LogP contribution in [-0.2, 0) is 12.0 Å². The summed E-state index contributed by atoms with van der Waals surface area (Å²) in [6.45, 7) is 6.40. The number of benzene rings is 2. The highest BCUT2D eigenvalue weighted by atomic mass is 14.7. The Hall–Kier alpha value is -1.60. The van der Waals surface area contributed by atoms with E-state index in [1.54, 1.807) is 0 Å². The molecular weight excluding hydrogens is 230 g/mol. The van der Waals surface area contributed by atoms with Crippen LogP contribution >= 0.6 is 0 Å². The lowest BCUT2D eigenvalue weighted by atomic mass is 9.84. The molecule has 2 aromatic carbocycles. The van der Waals surface area contributed by atoms with E-state index in [0.717, 1.165) is 12.8 Å². The maximum atomic E-state index is 6.56. The summed E-state index contributed by atoms with van der Waals surface area (Å²) in [5.74, 6) is 0. The molecule has 1 unspecified atom stereocenters. The number of hydrogen-bond donors (Lipinski definition) is 1. The third-order valence-electron chi connectivity index (χ3n) is 3.78. The summed E-state index contributed by atoms with van der Waals surface area (Å²) in [6.07, 6.45) is 1.97. The minimum atomic E-state index is -0.272. The van der Waals surface area contributed by atoms with Crippen LogP contribution < -0.4 is 5.73 Å². The molecule has 0 fully saturated rings. The van der Waals surface area contributed by atoms with Crippen molar-refractivity contribution < 1.29 is 0 Å². The Balaban J connectivity index is 2.16. The van der Waals surface area contributed by atoms with E-state index in [2.05, 4.69) is 69.3 Å². The SMILES string of the molecule is Cc1ccc(C)c(C(C)(N)CCc2ccccc2)c1. The van der Waals surface area contributed by atoms with E-state index in [9.17, 15) is 0 Å². The van der Waals surface area contributed by atoms with Crippen LogP contribution in [-0.4, -0.2) is 0 Å². The Kier molecular flexibility index (Phi) is 4.06. The average molecular weight is 253 g/mol. The molecule has 100 valence electrons. The molecule has 2 aromatic rings. The van der Waals surface area contributed by atoms with E-state index in [0.29, 0.717) is 0 Å². The standard InChI is InChI=1S/C18H23N/c1-14-9-10-15(2)17(13-14)18(3,19)12-11-16-7-5-4-6-8-16/h4-10,13H,11-12,19H2,1-3H3. The van der Waals surface area contributed by atoms with Crippen molar-refractivity contribution in [1.82, 2.24) is 0 Å². The fourth-order valence-corrected chi connectivity index (χ4v) is 2.53. The second-order valence-corrected chi connectivity index (χ2v) is 5.72. The maximum absolute atomic E-state index is 6.56. The highest BCUT2D eigenvalue weighted by Gasteiger charge is 2.22. The molecule has 0 aliphatic carbocycles. The van der Waals surface area contributed by atoms with Crippen molar-refractivity contribution >= 4 is 0 Å². The van der Waals surface area contributed by atoms with Gasteiger partial charge in [-0.15, -0.1) is 0 Å². The van der Waals surface area contributed by atoms with Gasteiger partial charge >= 0.3 is 0 Å². The van der Waals surface area contributed by atoms with Gasteiger partial charge in [0.25, 0.3) is 0 Å². The van der Waals surface area contributed by atoms with Crippen LogP contribution in [0.1, 0.15) is 35.6 Å². The zero-order chi connectivity index (χ0) is 13.9. The molecule has 19 heavy (non-hydrogen) atoms. The monoisotopic (exact) mass is 253 g/mol. The largest absolute Gasteiger partial charge is 0.322 e. The van der Waals surface area contributed by atoms with Crippen molar-refractivity contribution in [2.24, 2.45) is 5.73 Å². The first-order chi connectivity index (χ1) is 8.99. The Morgan fingerprint density at radius 2 is 1.68 bits per heavy atom. The maximum Gasteiger partial charge on any atom is 0.0386 e. The molecule has 0 radical (unpaired) electrons. The summed E-state index contributed by atoms with van der Waals surface area (Å²) >= 11 is 0. The number of rotatable bonds is 4. The molecule has 0 bridgehead atoms. The molecule has 1 atom stereocenters. The van der Waals surface area contributed by atoms with Gasteiger partial charge in [-0.05, 0) is 50.3 Å². The van der Waals surface area contributed by atoms with Crippen LogP contribution in [0.15, 0.2) is 48.5 Å². The summed E-state index contributed by atoms with van der Waals surface area (Å²) in [5, 5.41) is 0. The van der Waals surface area contributed by atoms with Gasteiger partial charge in [-0.25, -0.2) is 0 Å². The van der Waals surface area contributed by atoms with E-state index in [-0.39, 0.29) is 5.54 Å². The number of hydrogen-bond acceptors (Lipinski definition) is 1. The lowest BCUT2D eigenvalue weighted by molar-refractivity contribution is 0.450. The highest BCUT2D eigenvalue weighted by molar-refractivity contribution is 5.35. The Morgan fingerprint density at radius 1 is 1.00 bits per heavy atom. The molecule has 0 amide bonds. The van der Waals surface area contributed by atoms with Crippen molar-refractivity contribution in [3.63, 3.8) is 0 Å². The van der Waals surface area contributed by atoms with Crippen molar-refractivity contribution in [2.75, 3.05) is 0 Å². The molecule has 0 saturated carbocycles. The fraction of sp³-hybridized carbons (Fsp3) is 0.333. The van der Waals surface area contributed by atoms with Gasteiger partial charge in [0.1, 0.15) is 0 Å². The lowest BCUT2D eigenvalue weighted by Gasteiger charge is -2.27. The molecule has 0 spiro atoms. The predicted octanol–water partition coefficient (Wildman–Crippen LogP) is 4.11. The molecule has 0 aromatic heterocycles. The summed E-state index contributed by atoms with van der Waals surface area (Å²) in [7, 11) is 0. The van der Waals surface area contributed by atoms with Gasteiger partial charge < -0.3 is 5.73 Å². The number of aryl methyl sites for hydroxylation is 3. The van der Waals surface area contributed by atoms with Gasteiger partial charge in [0.05, 0.1) is 0 Å². The minimum Gasteiger partial charge on any atom is -0.322 e. The summed E-state index contributed by atoms with van der Waals surface area (Å²) < 4.78 is 0. The quantitative estimate of drug-likeness (QED) is 0.872. The zero-order valence-corrected chi connectivity index (χ0v) is 12.1. The van der Waals surface area contributed by atoms with E-state index in [1.165, 1.54) is 22.3 Å². The van der Waals surface area contributed by atoms with E-state index in [1.807, 2.05) is 0 Å². The molecule has 2 N–H and O–H groups in total. The molecule has 1 heteroatoms. The molecular formula is C18H23N. The smallest absolute Gasteiger partial charge is 0.0386 e. The second-order valence-electron chi connectivity index (χ2n) is 5.72. The first-order valence-corrected chi connectivity index (χ1v) is 6.89. The van der Waals surface area contributed by atoms with Crippen molar-refractivity contribution in [3.8, 4) is 0 Å². The van der Waals surface area contributed by atoms with Gasteiger partial charge in [-0.2, -0.15) is 0 Å². The Bertz CT molecular complexity index is 541. The second kappa shape index (κ2) is 5.58. The molecule has 1 nitrogen and oxygen atoms in total. The van der Waals surface area contributed by atoms with Crippen LogP contribution in [0.5, 0.6) is 0 Å². The zero-order valence-electron chi connectivity index (χ0n) is 12.1. The lowest BCUT2D eigenvalue weighted by Crippen LogP contribution is -2.34. The van der Waals surface area contributed by atoms with Crippen LogP contribution in [0.3, 0.4) is 0 Å². The first kappa shape index (κ1) is 13.8. The summed E-state index contributed by atoms with van der Waals surface area (Å²) in [5.41, 5.74) is 11.5. The minimum absolute atomic E-state index is 0.272. The van der Waals surface area contributed by atoms with Crippen molar-refractivity contribution in [1.29, 1.82) is 0 Å². The van der Waals surface area contributed by atoms with Crippen molar-refractivity contribution in [2.45, 2.75) is 39.2 Å². The average Bonchev–Trinajstić information content (AvgIpc) is 2.40. The topological polar surface area (TPSA) is 26.0 Å². The van der Waals surface area contributed by atoms with Gasteiger partial charge in [0, 0.05) is 5.54 Å². The molecule has 0 heterocycles. The Labute approximate surface area is 116 Å². The fourth-order valence-electron chi connectivity index (χ4n) is 2.53. The van der Waals surface area contributed by atoms with Gasteiger partial charge in [0.15, 0.2) is 0 Å². The van der Waals surface area contributed by atoms with E-state index >= 15 is 0 Å². The molecule has 0 saturated heterocycles. The third kappa shape index (κ3) is 3.45. The van der Waals surface area contributed by atoms with Crippen LogP contribution in [0.2, 0.25) is 0 Å². The normalized spacial score (nSPS) is 14.1. The third-order valence-corrected chi connectivity index (χ3v) is 3.78.